The molecule has 0 unspecified atom stereocenters. The molecule has 1 aliphatic carbocycles. The Labute approximate surface area is 103 Å². The average Bonchev–Trinajstić information content (AvgIpc) is 2.28. The summed E-state index contributed by atoms with van der Waals surface area (Å²) >= 11 is 0. The minimum absolute atomic E-state index is 0.401. The number of rotatable bonds is 4. The zero-order valence-electron chi connectivity index (χ0n) is 10.8. The van der Waals surface area contributed by atoms with Crippen LogP contribution in [0.1, 0.15) is 24.0 Å². The van der Waals surface area contributed by atoms with Crippen LogP contribution in [0.25, 0.3) is 0 Å². The van der Waals surface area contributed by atoms with Crippen LogP contribution in [0, 0.1) is 12.8 Å². The number of ether oxygens (including phenoxy) is 2. The lowest BCUT2D eigenvalue weighted by molar-refractivity contribution is 0.261. The van der Waals surface area contributed by atoms with Crippen molar-refractivity contribution in [2.24, 2.45) is 11.7 Å². The van der Waals surface area contributed by atoms with Gasteiger partial charge in [-0.05, 0) is 55.4 Å². The summed E-state index contributed by atoms with van der Waals surface area (Å²) in [5, 5.41) is 0. The maximum atomic E-state index is 5.82. The van der Waals surface area contributed by atoms with Crippen LogP contribution >= 0.6 is 0 Å². The first-order valence-electron chi connectivity index (χ1n) is 6.11. The van der Waals surface area contributed by atoms with E-state index in [0.29, 0.717) is 12.0 Å². The van der Waals surface area contributed by atoms with Crippen molar-refractivity contribution < 1.29 is 9.47 Å². The highest BCUT2D eigenvalue weighted by Crippen LogP contribution is 2.35. The number of aryl methyl sites for hydroxylation is 1. The van der Waals surface area contributed by atoms with Gasteiger partial charge in [0.05, 0.1) is 14.2 Å². The first kappa shape index (κ1) is 12.2. The second-order valence-electron chi connectivity index (χ2n) is 4.94. The highest BCUT2D eigenvalue weighted by molar-refractivity contribution is 5.46. The van der Waals surface area contributed by atoms with Crippen molar-refractivity contribution in [3.05, 3.63) is 23.3 Å². The third-order valence-corrected chi connectivity index (χ3v) is 3.58. The molecule has 1 aromatic rings. The molecule has 3 nitrogen and oxygen atoms in total. The van der Waals surface area contributed by atoms with Gasteiger partial charge in [0.1, 0.15) is 11.5 Å². The third kappa shape index (κ3) is 2.55. The van der Waals surface area contributed by atoms with E-state index < -0.39 is 0 Å². The topological polar surface area (TPSA) is 44.5 Å². The quantitative estimate of drug-likeness (QED) is 0.871. The first-order chi connectivity index (χ1) is 8.13. The summed E-state index contributed by atoms with van der Waals surface area (Å²) in [5.41, 5.74) is 8.16. The predicted octanol–water partition coefficient (Wildman–Crippen LogP) is 2.29. The summed E-state index contributed by atoms with van der Waals surface area (Å²) in [7, 11) is 3.43. The fourth-order valence-electron chi connectivity index (χ4n) is 2.54. The average molecular weight is 235 g/mol. The lowest BCUT2D eigenvalue weighted by atomic mass is 9.77. The van der Waals surface area contributed by atoms with Crippen molar-refractivity contribution >= 4 is 0 Å². The van der Waals surface area contributed by atoms with Gasteiger partial charge in [-0.15, -0.1) is 0 Å². The largest absolute Gasteiger partial charge is 0.496 e. The zero-order valence-corrected chi connectivity index (χ0v) is 10.8. The molecular formula is C14H21NO2. The van der Waals surface area contributed by atoms with Crippen molar-refractivity contribution in [3.63, 3.8) is 0 Å². The molecule has 17 heavy (non-hydrogen) atoms. The van der Waals surface area contributed by atoms with Gasteiger partial charge in [0.25, 0.3) is 0 Å². The molecular weight excluding hydrogens is 214 g/mol. The summed E-state index contributed by atoms with van der Waals surface area (Å²) in [6, 6.07) is 4.54. The number of hydrogen-bond donors (Lipinski definition) is 1. The van der Waals surface area contributed by atoms with E-state index in [2.05, 4.69) is 6.07 Å². The van der Waals surface area contributed by atoms with E-state index in [1.165, 1.54) is 5.56 Å². The Morgan fingerprint density at radius 3 is 2.35 bits per heavy atom. The fourth-order valence-corrected chi connectivity index (χ4v) is 2.54. The molecule has 1 saturated carbocycles. The van der Waals surface area contributed by atoms with Gasteiger partial charge < -0.3 is 15.2 Å². The Bertz CT molecular complexity index is 397. The van der Waals surface area contributed by atoms with E-state index in [4.69, 9.17) is 15.2 Å². The van der Waals surface area contributed by atoms with Gasteiger partial charge in [-0.1, -0.05) is 0 Å². The molecule has 1 aromatic carbocycles. The van der Waals surface area contributed by atoms with Crippen LogP contribution in [0.4, 0.5) is 0 Å². The molecule has 0 heterocycles. The minimum atomic E-state index is 0.401. The Hall–Kier alpha value is -1.22. The molecule has 1 aliphatic rings. The van der Waals surface area contributed by atoms with Crippen LogP contribution in [0.2, 0.25) is 0 Å². The van der Waals surface area contributed by atoms with Crippen LogP contribution in [0.3, 0.4) is 0 Å². The molecule has 0 aliphatic heterocycles. The molecule has 0 aromatic heterocycles. The molecule has 0 saturated heterocycles. The van der Waals surface area contributed by atoms with Crippen LogP contribution in [-0.4, -0.2) is 20.3 Å². The normalized spacial score (nSPS) is 23.1. The Balaban J connectivity index is 2.18. The van der Waals surface area contributed by atoms with E-state index in [9.17, 15) is 0 Å². The van der Waals surface area contributed by atoms with Gasteiger partial charge in [0.15, 0.2) is 0 Å². The van der Waals surface area contributed by atoms with Crippen LogP contribution in [-0.2, 0) is 6.42 Å². The molecule has 0 amide bonds. The summed E-state index contributed by atoms with van der Waals surface area (Å²) in [6.45, 7) is 2.03. The van der Waals surface area contributed by atoms with Crippen molar-refractivity contribution in [2.75, 3.05) is 14.2 Å². The van der Waals surface area contributed by atoms with E-state index in [1.807, 2.05) is 13.0 Å². The van der Waals surface area contributed by atoms with Gasteiger partial charge in [-0.3, -0.25) is 0 Å². The first-order valence-corrected chi connectivity index (χ1v) is 6.11. The monoisotopic (exact) mass is 235 g/mol. The molecule has 2 N–H and O–H groups in total. The van der Waals surface area contributed by atoms with E-state index in [0.717, 1.165) is 36.3 Å². The second kappa shape index (κ2) is 4.96. The molecule has 94 valence electrons. The van der Waals surface area contributed by atoms with Gasteiger partial charge in [-0.2, -0.15) is 0 Å². The number of benzene rings is 1. The highest BCUT2D eigenvalue weighted by atomic mass is 16.5. The van der Waals surface area contributed by atoms with E-state index in [-0.39, 0.29) is 0 Å². The molecule has 1 fully saturated rings. The summed E-state index contributed by atoms with van der Waals surface area (Å²) in [6.07, 6.45) is 3.28. The molecule has 0 spiro atoms. The molecule has 3 heteroatoms. The van der Waals surface area contributed by atoms with Crippen LogP contribution < -0.4 is 15.2 Å². The molecule has 2 rings (SSSR count). The number of nitrogens with two attached hydrogens (primary N) is 1. The van der Waals surface area contributed by atoms with Crippen LogP contribution in [0.5, 0.6) is 11.5 Å². The maximum absolute atomic E-state index is 5.82. The van der Waals surface area contributed by atoms with Crippen molar-refractivity contribution in [1.82, 2.24) is 0 Å². The molecule has 0 radical (unpaired) electrons. The van der Waals surface area contributed by atoms with E-state index in [1.54, 1.807) is 14.2 Å². The summed E-state index contributed by atoms with van der Waals surface area (Å²) in [4.78, 5) is 0. The number of hydrogen-bond acceptors (Lipinski definition) is 3. The Morgan fingerprint density at radius 2 is 1.82 bits per heavy atom. The minimum Gasteiger partial charge on any atom is -0.496 e. The fraction of sp³-hybridized carbons (Fsp3) is 0.571. The molecule has 0 bridgehead atoms. The zero-order chi connectivity index (χ0) is 12.4. The Kier molecular flexibility index (Phi) is 3.57. The highest BCUT2D eigenvalue weighted by Gasteiger charge is 2.27. The third-order valence-electron chi connectivity index (χ3n) is 3.58. The van der Waals surface area contributed by atoms with Gasteiger partial charge in [-0.25, -0.2) is 0 Å². The number of methoxy groups -OCH3 is 2. The van der Waals surface area contributed by atoms with Crippen molar-refractivity contribution in [2.45, 2.75) is 32.2 Å². The van der Waals surface area contributed by atoms with Gasteiger partial charge in [0.2, 0.25) is 0 Å². The predicted molar refractivity (Wildman–Crippen MR) is 68.7 cm³/mol. The second-order valence-corrected chi connectivity index (χ2v) is 4.94. The smallest absolute Gasteiger partial charge is 0.122 e. The Morgan fingerprint density at radius 1 is 1.18 bits per heavy atom. The van der Waals surface area contributed by atoms with E-state index >= 15 is 0 Å². The van der Waals surface area contributed by atoms with Crippen LogP contribution in [0.15, 0.2) is 12.1 Å². The standard InChI is InChI=1S/C14H21NO2/c1-9-4-14(17-3)11(8-13(9)16-2)5-10-6-12(15)7-10/h4,8,10,12H,5-7,15H2,1-3H3. The summed E-state index contributed by atoms with van der Waals surface area (Å²) < 4.78 is 10.8. The maximum Gasteiger partial charge on any atom is 0.122 e. The summed E-state index contributed by atoms with van der Waals surface area (Å²) in [5.74, 6) is 2.60. The molecule has 0 atom stereocenters. The van der Waals surface area contributed by atoms with Gasteiger partial charge in [0, 0.05) is 6.04 Å². The van der Waals surface area contributed by atoms with Gasteiger partial charge >= 0.3 is 0 Å². The lowest BCUT2D eigenvalue weighted by Gasteiger charge is -2.32. The van der Waals surface area contributed by atoms with Crippen molar-refractivity contribution in [1.29, 1.82) is 0 Å². The lowest BCUT2D eigenvalue weighted by Crippen LogP contribution is -2.37. The SMILES string of the molecule is COc1cc(CC2CC(N)C2)c(OC)cc1C. The van der Waals surface area contributed by atoms with Crippen molar-refractivity contribution in [3.8, 4) is 11.5 Å².